The third-order valence-electron chi connectivity index (χ3n) is 22.9. The number of nitrogens with zero attached hydrogens (tertiary/aromatic N) is 16. The fourth-order valence-electron chi connectivity index (χ4n) is 15.4. The highest BCUT2D eigenvalue weighted by molar-refractivity contribution is 7.91. The number of carbonyl (C=O) groups is 4. The van der Waals surface area contributed by atoms with E-state index in [0.29, 0.717) is 130 Å². The molecule has 2 saturated heterocycles. The number of aliphatic hydroxyl groups excluding tert-OH is 2. The van der Waals surface area contributed by atoms with E-state index in [-0.39, 0.29) is 54.9 Å². The Morgan fingerprint density at radius 1 is 0.430 bits per heavy atom. The molecule has 38 nitrogen and oxygen atoms in total. The average Bonchev–Trinajstić information content (AvgIpc) is 1.59. The third-order valence-corrected chi connectivity index (χ3v) is 28.2. The van der Waals surface area contributed by atoms with Crippen molar-refractivity contribution in [2.24, 2.45) is 17.6 Å². The molecule has 4 atom stereocenters. The number of amides is 4. The molecule has 2 aliphatic heterocycles. The van der Waals surface area contributed by atoms with E-state index < -0.39 is 92.2 Å². The summed E-state index contributed by atoms with van der Waals surface area (Å²) in [6, 6.07) is 31.5. The number of rotatable bonds is 18. The maximum Gasteiger partial charge on any atom is 0.420 e. The number of nitrogens with one attached hydrogen (secondary N) is 2. The number of anilines is 8. The largest absolute Gasteiger partial charge is 0.444 e. The lowest BCUT2D eigenvalue weighted by Crippen LogP contribution is -2.49. The summed E-state index contributed by atoms with van der Waals surface area (Å²) in [6.07, 6.45) is 18.3. The highest BCUT2D eigenvalue weighted by Crippen LogP contribution is 2.47. The van der Waals surface area contributed by atoms with Gasteiger partial charge in [-0.25, -0.2) is 87.1 Å². The van der Waals surface area contributed by atoms with E-state index in [1.165, 1.54) is 80.8 Å². The SMILES string of the molecule is CC(C)(C)OC(=O)N(c1cccc(S(C)(=O)=O)c1)c1cc(Cl)nc2c(C3CC3)cnn12.CC(C)(C)OC(=O)N1CC[C@H](CN)[C@@H](O)C1.CC(C)(C)OC(=O)N1CC[C@H](CNc2cc(N(C(=O)OC(C)(C)C)c3cccc(S(C)(=O)=O)c3)n3ncc(C4CC4)c3n2)[C@@H](O)C1.CS(=O)(=O)c1cccc(N)c1.CS(=O)(=O)c1cccc(Nc2cc(Cl)nc3c(C4CC4)cnn23)c1.Clc1cc(Cl)n2ncc(C3CC3)c2n1. The fraction of sp³-hybridized carbons (Fsp3) is 0.458. The van der Waals surface area contributed by atoms with Crippen molar-refractivity contribution in [3.8, 4) is 0 Å². The van der Waals surface area contributed by atoms with Crippen molar-refractivity contribution in [1.29, 1.82) is 0 Å². The summed E-state index contributed by atoms with van der Waals surface area (Å²) in [6.45, 7) is 23.7. The summed E-state index contributed by atoms with van der Waals surface area (Å²) in [7, 11) is -13.4. The zero-order chi connectivity index (χ0) is 104. The van der Waals surface area contributed by atoms with Crippen LogP contribution in [0.15, 0.2) is 166 Å². The minimum absolute atomic E-state index is 0.0491. The molecule has 0 radical (unpaired) electrons. The van der Waals surface area contributed by atoms with Gasteiger partial charge in [0.1, 0.15) is 66.3 Å². The predicted molar refractivity (Wildman–Crippen MR) is 544 cm³/mol. The molecule has 764 valence electrons. The van der Waals surface area contributed by atoms with Crippen molar-refractivity contribution in [1.82, 2.24) is 68.2 Å². The van der Waals surface area contributed by atoms with E-state index in [1.54, 1.807) is 172 Å². The first-order chi connectivity index (χ1) is 66.3. The number of sulfone groups is 4. The minimum atomic E-state index is -3.58. The van der Waals surface area contributed by atoms with Crippen LogP contribution in [-0.2, 0) is 58.3 Å². The molecule has 8 N–H and O–H groups in total. The molecule has 0 spiro atoms. The van der Waals surface area contributed by atoms with Gasteiger partial charge in [0.15, 0.2) is 61.9 Å². The first-order valence-electron chi connectivity index (χ1n) is 46.1. The lowest BCUT2D eigenvalue weighted by Gasteiger charge is -2.36. The lowest BCUT2D eigenvalue weighted by atomic mass is 9.94. The Bertz CT molecular complexity index is 7170. The third kappa shape index (κ3) is 28.8. The number of nitrogen functional groups attached to an aromatic ring is 1. The molecule has 10 heterocycles. The van der Waals surface area contributed by atoms with Gasteiger partial charge in [0.25, 0.3) is 0 Å². The van der Waals surface area contributed by atoms with Crippen molar-refractivity contribution in [3.05, 3.63) is 189 Å². The Balaban J connectivity index is 0.000000153. The van der Waals surface area contributed by atoms with Crippen LogP contribution in [0.1, 0.15) is 193 Å². The van der Waals surface area contributed by atoms with Crippen LogP contribution in [0.5, 0.6) is 0 Å². The summed E-state index contributed by atoms with van der Waals surface area (Å²) in [5, 5.41) is 46.4. The second-order valence-corrected chi connectivity index (χ2v) is 49.5. The van der Waals surface area contributed by atoms with E-state index in [1.807, 2.05) is 33.2 Å². The standard InChI is InChI=1S/C32H44N6O7S.C21H23ClN4O4S.C16H15ClN4O2S.C11H22N2O3.C9H7Cl2N3.C7H9NO2S/c1-31(2,3)44-29(40)36-14-13-21(25(39)19-36)17-33-26-16-27(38-28(35-26)24(18-34-38)20-11-12-20)37(30(41)45-32(4,5)6)22-9-8-10-23(15-22)46(7,42)43;1-21(2,3)30-20(27)25(14-6-5-7-15(10-14)31(4,28)29)18-11-17(22)24-19-16(13-8-9-13)12-23-26(18)19;1-24(22,23)12-4-2-3-11(7-12)19-15-8-14(17)20-16-13(10-5-6-10)9-18-21(15)16;1-11(2,3)16-10(15)13-5-4-8(6-12)9(14)7-13;10-7-3-8(11)14-9(13-7)6(4-12-14)5-1-2-5;1-11(9,10)7-4-2-3-6(8)5-7/h8-10,15-16,18,20-21,25,39H,11-14,17,19H2,1-7H3,(H,33,35);5-7,10-13H,8-9H2,1-4H3;2-4,7-10,19H,5-6H2,1H3;8-9,14H,4-7,12H2,1-3H3;3-5H,1-2H2;2-5H,8H2,1H3/t21-,25+;;;8-,9+;;/m1..1../s1. The van der Waals surface area contributed by atoms with E-state index in [4.69, 9.17) is 81.8 Å². The number of hydrogen-bond donors (Lipinski definition) is 6. The number of β-amino-alcohol motifs (C(OH)–C–C–N with tert-alkyl or cyclic N) is 2. The molecule has 0 unspecified atom stereocenters. The van der Waals surface area contributed by atoms with E-state index in [0.717, 1.165) is 97.3 Å². The van der Waals surface area contributed by atoms with Gasteiger partial charge in [-0.2, -0.15) is 33.9 Å². The number of aliphatic hydroxyl groups is 2. The molecule has 12 aromatic rings. The number of carbonyl (C=O) groups excluding carboxylic acids is 4. The topological polar surface area (TPSA) is 492 Å². The van der Waals surface area contributed by atoms with E-state index >= 15 is 0 Å². The second-order valence-electron chi connectivity index (χ2n) is 39.9. The van der Waals surface area contributed by atoms with Crippen LogP contribution in [0.2, 0.25) is 20.6 Å². The van der Waals surface area contributed by atoms with Gasteiger partial charge in [-0.1, -0.05) is 70.7 Å². The lowest BCUT2D eigenvalue weighted by molar-refractivity contribution is -0.0111. The molecule has 142 heavy (non-hydrogen) atoms. The Labute approximate surface area is 845 Å². The number of halogens is 4. The van der Waals surface area contributed by atoms with Gasteiger partial charge in [-0.05, 0) is 250 Å². The molecule has 6 aliphatic rings. The second kappa shape index (κ2) is 43.3. The number of hydrogen-bond acceptors (Lipinski definition) is 30. The number of nitrogens with two attached hydrogens (primary N) is 2. The van der Waals surface area contributed by atoms with Crippen LogP contribution < -0.4 is 31.9 Å². The van der Waals surface area contributed by atoms with Gasteiger partial charge < -0.3 is 61.1 Å². The fourth-order valence-corrected chi connectivity index (χ4v) is 18.9. The van der Waals surface area contributed by atoms with Crippen LogP contribution in [-0.4, -0.2) is 235 Å². The van der Waals surface area contributed by atoms with Crippen molar-refractivity contribution in [2.75, 3.05) is 90.5 Å². The van der Waals surface area contributed by atoms with Gasteiger partial charge >= 0.3 is 24.4 Å². The minimum Gasteiger partial charge on any atom is -0.444 e. The predicted octanol–water partition coefficient (Wildman–Crippen LogP) is 17.4. The van der Waals surface area contributed by atoms with Gasteiger partial charge in [0, 0.05) is 114 Å². The molecule has 0 bridgehead atoms. The van der Waals surface area contributed by atoms with Crippen LogP contribution in [0.25, 0.3) is 22.6 Å². The molecule has 46 heteroatoms. The highest BCUT2D eigenvalue weighted by Gasteiger charge is 2.39. The molecule has 4 saturated carbocycles. The molecule has 4 amide bonds. The summed E-state index contributed by atoms with van der Waals surface area (Å²) in [5.74, 6) is 3.41. The van der Waals surface area contributed by atoms with Crippen LogP contribution in [0, 0.1) is 11.8 Å². The number of aromatic nitrogens is 12. The van der Waals surface area contributed by atoms with E-state index in [9.17, 15) is 63.1 Å². The Kier molecular flexibility index (Phi) is 32.9. The maximum atomic E-state index is 13.8. The quantitative estimate of drug-likeness (QED) is 0.0264. The smallest absolute Gasteiger partial charge is 0.420 e. The molecule has 18 rings (SSSR count). The van der Waals surface area contributed by atoms with Crippen LogP contribution in [0.3, 0.4) is 0 Å². The molecule has 4 aromatic carbocycles. The number of piperidine rings is 2. The number of likely N-dealkylation sites (tertiary alicyclic amines) is 2. The number of ether oxygens (including phenoxy) is 4. The number of benzene rings is 4. The highest BCUT2D eigenvalue weighted by atomic mass is 35.5. The maximum absolute atomic E-state index is 13.8. The van der Waals surface area contributed by atoms with Crippen LogP contribution >= 0.6 is 46.4 Å². The first-order valence-corrected chi connectivity index (χ1v) is 55.1. The zero-order valence-corrected chi connectivity index (χ0v) is 88.0. The first kappa shape index (κ1) is 108. The molecule has 6 fully saturated rings. The summed E-state index contributed by atoms with van der Waals surface area (Å²) < 4.78 is 123. The van der Waals surface area contributed by atoms with Crippen molar-refractivity contribution < 1.29 is 82.0 Å². The van der Waals surface area contributed by atoms with E-state index in [2.05, 4.69) is 46.0 Å². The van der Waals surface area contributed by atoms with Crippen LogP contribution in [0.4, 0.5) is 65.2 Å². The molecular weight excluding hydrogens is 1990 g/mol. The Hall–Kier alpha value is -11.3. The Morgan fingerprint density at radius 3 is 1.18 bits per heavy atom. The summed E-state index contributed by atoms with van der Waals surface area (Å²) >= 11 is 24.3. The number of fused-ring (bicyclic) bond motifs is 4. The summed E-state index contributed by atoms with van der Waals surface area (Å²) in [5.41, 5.74) is 16.7. The van der Waals surface area contributed by atoms with Crippen molar-refractivity contribution in [2.45, 2.75) is 225 Å². The van der Waals surface area contributed by atoms with Crippen molar-refractivity contribution >= 4 is 179 Å². The molecular formula is C96H120Cl4N20O18S4. The Morgan fingerprint density at radius 2 is 0.782 bits per heavy atom. The average molecular weight is 2110 g/mol. The zero-order valence-electron chi connectivity index (χ0n) is 81.7. The van der Waals surface area contributed by atoms with Crippen molar-refractivity contribution in [3.63, 3.8) is 0 Å². The van der Waals surface area contributed by atoms with Gasteiger partial charge in [-0.15, -0.1) is 0 Å². The molecule has 8 aromatic heterocycles. The normalized spacial score (nSPS) is 17.4. The summed E-state index contributed by atoms with van der Waals surface area (Å²) in [4.78, 5) is 75.6. The van der Waals surface area contributed by atoms with Gasteiger partial charge in [0.05, 0.1) is 81.0 Å². The van der Waals surface area contributed by atoms with Gasteiger partial charge in [0.2, 0.25) is 0 Å². The van der Waals surface area contributed by atoms with Gasteiger partial charge in [-0.3, -0.25) is 0 Å². The molecule has 4 aliphatic carbocycles. The monoisotopic (exact) mass is 2110 g/mol.